The van der Waals surface area contributed by atoms with Crippen LogP contribution in [0.3, 0.4) is 0 Å². The third kappa shape index (κ3) is 6.59. The predicted molar refractivity (Wildman–Crippen MR) is 93.2 cm³/mol. The van der Waals surface area contributed by atoms with E-state index in [0.29, 0.717) is 19.5 Å². The first-order valence-electron chi connectivity index (χ1n) is 8.34. The summed E-state index contributed by atoms with van der Waals surface area (Å²) < 4.78 is 32.2. The Labute approximate surface area is 144 Å². The van der Waals surface area contributed by atoms with Crippen LogP contribution in [0.2, 0.25) is 0 Å². The number of nitrogens with one attached hydrogen (secondary N) is 1. The monoisotopic (exact) mass is 354 g/mol. The molecule has 0 radical (unpaired) electrons. The number of benzene rings is 1. The first-order chi connectivity index (χ1) is 11.5. The highest BCUT2D eigenvalue weighted by Crippen LogP contribution is 2.13. The van der Waals surface area contributed by atoms with Crippen LogP contribution in [-0.4, -0.2) is 57.3 Å². The predicted octanol–water partition coefficient (Wildman–Crippen LogP) is 1.18. The fourth-order valence-electron chi connectivity index (χ4n) is 2.72. The van der Waals surface area contributed by atoms with Gasteiger partial charge in [-0.3, -0.25) is 4.79 Å². The maximum absolute atomic E-state index is 12.1. The zero-order valence-electron chi connectivity index (χ0n) is 14.1. The number of hydrogen-bond acceptors (Lipinski definition) is 4. The van der Waals surface area contributed by atoms with Gasteiger partial charge in [0.1, 0.15) is 0 Å². The molecule has 0 aromatic heterocycles. The molecule has 1 saturated heterocycles. The van der Waals surface area contributed by atoms with Crippen molar-refractivity contribution in [3.8, 4) is 0 Å². The van der Waals surface area contributed by atoms with Gasteiger partial charge in [0.15, 0.2) is 0 Å². The number of sulfonamides is 1. The normalized spacial score (nSPS) is 17.8. The number of carbonyl (C=O) groups is 1. The molecule has 0 bridgehead atoms. The first-order valence-corrected chi connectivity index (χ1v) is 10.00. The number of rotatable bonds is 9. The summed E-state index contributed by atoms with van der Waals surface area (Å²) in [6.45, 7) is 3.35. The van der Waals surface area contributed by atoms with E-state index in [1.807, 2.05) is 30.3 Å². The smallest absolute Gasteiger partial charge is 0.219 e. The van der Waals surface area contributed by atoms with Crippen molar-refractivity contribution in [1.82, 2.24) is 9.62 Å². The Kier molecular flexibility index (Phi) is 7.20. The Morgan fingerprint density at radius 3 is 2.71 bits per heavy atom. The molecule has 1 amide bonds. The van der Waals surface area contributed by atoms with Gasteiger partial charge in [0.05, 0.1) is 11.9 Å². The number of ether oxygens (including phenoxy) is 1. The van der Waals surface area contributed by atoms with Crippen LogP contribution in [0.15, 0.2) is 30.3 Å². The van der Waals surface area contributed by atoms with E-state index in [9.17, 15) is 13.2 Å². The van der Waals surface area contributed by atoms with E-state index in [-0.39, 0.29) is 24.3 Å². The fourth-order valence-corrected chi connectivity index (χ4v) is 3.77. The summed E-state index contributed by atoms with van der Waals surface area (Å²) in [5.74, 6) is -0.0167. The molecular formula is C17H26N2O4S. The van der Waals surface area contributed by atoms with E-state index in [1.165, 1.54) is 6.92 Å². The third-order valence-electron chi connectivity index (χ3n) is 4.10. The van der Waals surface area contributed by atoms with Crippen LogP contribution in [0.25, 0.3) is 0 Å². The Hall–Kier alpha value is -1.44. The van der Waals surface area contributed by atoms with Crippen molar-refractivity contribution in [1.29, 1.82) is 0 Å². The van der Waals surface area contributed by atoms with Gasteiger partial charge in [-0.1, -0.05) is 30.3 Å². The quantitative estimate of drug-likeness (QED) is 0.722. The average molecular weight is 354 g/mol. The highest BCUT2D eigenvalue weighted by Gasteiger charge is 2.21. The zero-order valence-corrected chi connectivity index (χ0v) is 14.9. The Morgan fingerprint density at radius 2 is 2.08 bits per heavy atom. The van der Waals surface area contributed by atoms with E-state index in [2.05, 4.69) is 4.72 Å². The molecule has 1 atom stereocenters. The second-order valence-corrected chi connectivity index (χ2v) is 7.98. The van der Waals surface area contributed by atoms with Crippen LogP contribution in [0.1, 0.15) is 25.3 Å². The van der Waals surface area contributed by atoms with E-state index in [1.54, 1.807) is 4.90 Å². The van der Waals surface area contributed by atoms with Crippen LogP contribution in [0.4, 0.5) is 0 Å². The number of carbonyl (C=O) groups excluding carboxylic acids is 1. The molecule has 1 aromatic rings. The van der Waals surface area contributed by atoms with Crippen molar-refractivity contribution >= 4 is 15.9 Å². The summed E-state index contributed by atoms with van der Waals surface area (Å²) in [6.07, 6.45) is 2.51. The molecule has 1 aliphatic heterocycles. The Morgan fingerprint density at radius 1 is 1.33 bits per heavy atom. The van der Waals surface area contributed by atoms with Crippen molar-refractivity contribution in [3.63, 3.8) is 0 Å². The Bertz CT molecular complexity index is 613. The molecule has 1 unspecified atom stereocenters. The first kappa shape index (κ1) is 18.9. The van der Waals surface area contributed by atoms with Crippen molar-refractivity contribution < 1.29 is 17.9 Å². The average Bonchev–Trinajstić information content (AvgIpc) is 3.06. The molecule has 0 saturated carbocycles. The minimum absolute atomic E-state index is 0.0445. The van der Waals surface area contributed by atoms with Gasteiger partial charge >= 0.3 is 0 Å². The van der Waals surface area contributed by atoms with Gasteiger partial charge in [-0.15, -0.1) is 0 Å². The van der Waals surface area contributed by atoms with Crippen LogP contribution in [0, 0.1) is 0 Å². The van der Waals surface area contributed by atoms with Gasteiger partial charge in [-0.05, 0) is 24.8 Å². The lowest BCUT2D eigenvalue weighted by Crippen LogP contribution is -2.41. The van der Waals surface area contributed by atoms with E-state index in [0.717, 1.165) is 25.0 Å². The molecule has 1 fully saturated rings. The molecule has 6 nitrogen and oxygen atoms in total. The lowest BCUT2D eigenvalue weighted by molar-refractivity contribution is -0.130. The minimum atomic E-state index is -3.35. The number of hydrogen-bond donors (Lipinski definition) is 1. The van der Waals surface area contributed by atoms with E-state index in [4.69, 9.17) is 4.74 Å². The summed E-state index contributed by atoms with van der Waals surface area (Å²) in [6, 6.07) is 9.51. The van der Waals surface area contributed by atoms with Gasteiger partial charge in [0, 0.05) is 33.2 Å². The second-order valence-electron chi connectivity index (χ2n) is 6.05. The van der Waals surface area contributed by atoms with Crippen molar-refractivity contribution in [2.24, 2.45) is 0 Å². The summed E-state index contributed by atoms with van der Waals surface area (Å²) in [7, 11) is -3.35. The van der Waals surface area contributed by atoms with Crippen molar-refractivity contribution in [2.45, 2.75) is 32.3 Å². The highest BCUT2D eigenvalue weighted by atomic mass is 32.2. The Balaban J connectivity index is 1.74. The molecule has 0 aliphatic carbocycles. The largest absolute Gasteiger partial charge is 0.376 e. The van der Waals surface area contributed by atoms with Crippen LogP contribution < -0.4 is 4.72 Å². The molecule has 1 N–H and O–H groups in total. The van der Waals surface area contributed by atoms with E-state index >= 15 is 0 Å². The van der Waals surface area contributed by atoms with E-state index < -0.39 is 10.0 Å². The number of aryl methyl sites for hydroxylation is 1. The molecule has 134 valence electrons. The SMILES string of the molecule is CC(=O)N(CCNS(=O)(=O)CCc1ccccc1)CC1CCCO1. The maximum atomic E-state index is 12.1. The minimum Gasteiger partial charge on any atom is -0.376 e. The molecule has 7 heteroatoms. The molecule has 24 heavy (non-hydrogen) atoms. The van der Waals surface area contributed by atoms with Gasteiger partial charge in [0.25, 0.3) is 0 Å². The van der Waals surface area contributed by atoms with Crippen LogP contribution in [-0.2, 0) is 26.0 Å². The second kappa shape index (κ2) is 9.15. The number of amides is 1. The lowest BCUT2D eigenvalue weighted by atomic mass is 10.2. The molecule has 1 aromatic carbocycles. The molecule has 1 aliphatic rings. The van der Waals surface area contributed by atoms with Crippen LogP contribution in [0.5, 0.6) is 0 Å². The standard InChI is InChI=1S/C17H26N2O4S/c1-15(20)19(14-17-8-5-12-23-17)11-10-18-24(21,22)13-9-16-6-3-2-4-7-16/h2-4,6-7,17-18H,5,8-14H2,1H3. The molecule has 2 rings (SSSR count). The van der Waals surface area contributed by atoms with Gasteiger partial charge in [-0.2, -0.15) is 0 Å². The summed E-state index contributed by atoms with van der Waals surface area (Å²) in [5.41, 5.74) is 0.992. The maximum Gasteiger partial charge on any atom is 0.219 e. The van der Waals surface area contributed by atoms with Gasteiger partial charge < -0.3 is 9.64 Å². The van der Waals surface area contributed by atoms with Gasteiger partial charge in [-0.25, -0.2) is 13.1 Å². The molecule has 0 spiro atoms. The summed E-state index contributed by atoms with van der Waals surface area (Å²) >= 11 is 0. The molecular weight excluding hydrogens is 328 g/mol. The third-order valence-corrected chi connectivity index (χ3v) is 5.48. The highest BCUT2D eigenvalue weighted by molar-refractivity contribution is 7.89. The topological polar surface area (TPSA) is 75.7 Å². The number of nitrogens with zero attached hydrogens (tertiary/aromatic N) is 1. The van der Waals surface area contributed by atoms with Crippen molar-refractivity contribution in [3.05, 3.63) is 35.9 Å². The van der Waals surface area contributed by atoms with Gasteiger partial charge in [0.2, 0.25) is 15.9 Å². The summed E-state index contributed by atoms with van der Waals surface area (Å²) in [5, 5.41) is 0. The summed E-state index contributed by atoms with van der Waals surface area (Å²) in [4.78, 5) is 13.3. The lowest BCUT2D eigenvalue weighted by Gasteiger charge is -2.24. The van der Waals surface area contributed by atoms with Crippen LogP contribution >= 0.6 is 0 Å². The fraction of sp³-hybridized carbons (Fsp3) is 0.588. The molecule has 1 heterocycles. The van der Waals surface area contributed by atoms with Crippen molar-refractivity contribution in [2.75, 3.05) is 32.0 Å². The zero-order chi connectivity index (χ0) is 17.4.